The molecule has 0 unspecified atom stereocenters. The molecule has 0 atom stereocenters. The topological polar surface area (TPSA) is 49.3 Å². The van der Waals surface area contributed by atoms with Crippen LogP contribution in [0.5, 0.6) is 0 Å². The molecule has 64 valence electrons. The smallest absolute Gasteiger partial charge is 0.300 e. The maximum Gasteiger partial charge on any atom is 0.300 e. The highest BCUT2D eigenvalue weighted by atomic mass is 35.5. The van der Waals surface area contributed by atoms with Crippen LogP contribution in [0, 0.1) is 0 Å². The molecule has 0 saturated carbocycles. The van der Waals surface area contributed by atoms with Crippen molar-refractivity contribution >= 4 is 18.4 Å². The Kier molecular flexibility index (Phi) is 26.0. The number of carbonyl (C=O) groups is 1. The predicted molar refractivity (Wildman–Crippen MR) is 44.8 cm³/mol. The number of carboxylic acid groups (broad SMARTS) is 1. The zero-order valence-corrected chi connectivity index (χ0v) is 7.49. The summed E-state index contributed by atoms with van der Waals surface area (Å²) < 4.78 is 0. The van der Waals surface area contributed by atoms with Gasteiger partial charge in [0.1, 0.15) is 0 Å². The lowest BCUT2D eigenvalue weighted by atomic mass is 10.7. The highest BCUT2D eigenvalue weighted by Crippen LogP contribution is 1.47. The third-order valence-electron chi connectivity index (χ3n) is 0.500. The van der Waals surface area contributed by atoms with Crippen molar-refractivity contribution < 1.29 is 9.90 Å². The molecule has 0 aromatic rings. The molecular formula is C6H16ClNO2. The molecule has 0 radical (unpaired) electrons. The molecule has 0 fully saturated rings. The summed E-state index contributed by atoms with van der Waals surface area (Å²) in [5.41, 5.74) is 0. The van der Waals surface area contributed by atoms with Crippen LogP contribution in [0.25, 0.3) is 0 Å². The van der Waals surface area contributed by atoms with E-state index in [1.54, 1.807) is 0 Å². The lowest BCUT2D eigenvalue weighted by molar-refractivity contribution is -0.134. The van der Waals surface area contributed by atoms with Crippen molar-refractivity contribution in [2.45, 2.75) is 20.8 Å². The second-order valence-corrected chi connectivity index (χ2v) is 1.48. The first-order chi connectivity index (χ1) is 4.15. The van der Waals surface area contributed by atoms with E-state index >= 15 is 0 Å². The standard InChI is InChI=1S/C4H11N.C2H4O2.ClH/c1-3-5-4-2;1-2(3)4;/h5H,3-4H2,1-2H3;1H3,(H,3,4);1H. The Bertz CT molecular complexity index is 62.8. The normalized spacial score (nSPS) is 6.70. The molecular weight excluding hydrogens is 154 g/mol. The van der Waals surface area contributed by atoms with Gasteiger partial charge in [0.2, 0.25) is 0 Å². The number of rotatable bonds is 2. The Balaban J connectivity index is -0.0000000910. The van der Waals surface area contributed by atoms with E-state index in [0.29, 0.717) is 0 Å². The minimum atomic E-state index is -0.833. The van der Waals surface area contributed by atoms with Crippen LogP contribution in [0.1, 0.15) is 20.8 Å². The number of aliphatic carboxylic acids is 1. The van der Waals surface area contributed by atoms with Crippen LogP contribution in [0.3, 0.4) is 0 Å². The van der Waals surface area contributed by atoms with Crippen molar-refractivity contribution in [3.8, 4) is 0 Å². The van der Waals surface area contributed by atoms with Gasteiger partial charge in [-0.25, -0.2) is 0 Å². The third-order valence-corrected chi connectivity index (χ3v) is 0.500. The molecule has 4 heteroatoms. The van der Waals surface area contributed by atoms with E-state index < -0.39 is 5.97 Å². The van der Waals surface area contributed by atoms with Gasteiger partial charge in [-0.2, -0.15) is 0 Å². The molecule has 0 bridgehead atoms. The van der Waals surface area contributed by atoms with Gasteiger partial charge >= 0.3 is 0 Å². The Labute approximate surface area is 68.2 Å². The average molecular weight is 170 g/mol. The van der Waals surface area contributed by atoms with Crippen molar-refractivity contribution in [1.29, 1.82) is 0 Å². The fraction of sp³-hybridized carbons (Fsp3) is 0.833. The summed E-state index contributed by atoms with van der Waals surface area (Å²) >= 11 is 0. The summed E-state index contributed by atoms with van der Waals surface area (Å²) in [5.74, 6) is -0.833. The van der Waals surface area contributed by atoms with Crippen LogP contribution in [0.15, 0.2) is 0 Å². The van der Waals surface area contributed by atoms with Crippen molar-refractivity contribution in [3.63, 3.8) is 0 Å². The highest BCUT2D eigenvalue weighted by Gasteiger charge is 1.65. The molecule has 0 aliphatic heterocycles. The second-order valence-electron chi connectivity index (χ2n) is 1.48. The van der Waals surface area contributed by atoms with Crippen LogP contribution >= 0.6 is 12.4 Å². The first kappa shape index (κ1) is 16.4. The molecule has 0 aromatic carbocycles. The monoisotopic (exact) mass is 169 g/mol. The molecule has 0 aliphatic rings. The molecule has 0 rings (SSSR count). The zero-order chi connectivity index (χ0) is 7.70. The van der Waals surface area contributed by atoms with Crippen molar-refractivity contribution in [1.82, 2.24) is 5.32 Å². The number of nitrogens with one attached hydrogen (secondary N) is 1. The van der Waals surface area contributed by atoms with Crippen LogP contribution in [-0.2, 0) is 4.79 Å². The van der Waals surface area contributed by atoms with E-state index in [1.165, 1.54) is 0 Å². The Hall–Kier alpha value is -0.280. The highest BCUT2D eigenvalue weighted by molar-refractivity contribution is 5.85. The molecule has 2 N–H and O–H groups in total. The average Bonchev–Trinajstić information content (AvgIpc) is 1.66. The molecule has 3 nitrogen and oxygen atoms in total. The van der Waals surface area contributed by atoms with Gasteiger partial charge in [0.15, 0.2) is 0 Å². The number of halogens is 1. The largest absolute Gasteiger partial charge is 0.481 e. The second kappa shape index (κ2) is 15.9. The summed E-state index contributed by atoms with van der Waals surface area (Å²) in [6.07, 6.45) is 0. The van der Waals surface area contributed by atoms with E-state index in [4.69, 9.17) is 9.90 Å². The number of hydrogen-bond acceptors (Lipinski definition) is 2. The minimum absolute atomic E-state index is 0. The molecule has 0 amide bonds. The Morgan fingerprint density at radius 1 is 1.40 bits per heavy atom. The summed E-state index contributed by atoms with van der Waals surface area (Å²) in [7, 11) is 0. The zero-order valence-electron chi connectivity index (χ0n) is 6.68. The molecule has 0 spiro atoms. The fourth-order valence-electron chi connectivity index (χ4n) is 0.250. The summed E-state index contributed by atoms with van der Waals surface area (Å²) in [5, 5.41) is 10.5. The quantitative estimate of drug-likeness (QED) is 0.652. The Morgan fingerprint density at radius 3 is 1.60 bits per heavy atom. The summed E-state index contributed by atoms with van der Waals surface area (Å²) in [6.45, 7) is 7.47. The molecule has 0 heterocycles. The minimum Gasteiger partial charge on any atom is -0.481 e. The first-order valence-electron chi connectivity index (χ1n) is 3.05. The van der Waals surface area contributed by atoms with Gasteiger partial charge < -0.3 is 10.4 Å². The van der Waals surface area contributed by atoms with Crippen LogP contribution in [0.4, 0.5) is 0 Å². The van der Waals surface area contributed by atoms with Crippen molar-refractivity contribution in [2.24, 2.45) is 0 Å². The summed E-state index contributed by atoms with van der Waals surface area (Å²) in [6, 6.07) is 0. The van der Waals surface area contributed by atoms with Crippen LogP contribution in [0.2, 0.25) is 0 Å². The van der Waals surface area contributed by atoms with Gasteiger partial charge in [0.05, 0.1) is 0 Å². The van der Waals surface area contributed by atoms with Gasteiger partial charge in [-0.1, -0.05) is 13.8 Å². The lowest BCUT2D eigenvalue weighted by Crippen LogP contribution is -2.09. The van der Waals surface area contributed by atoms with Crippen molar-refractivity contribution in [2.75, 3.05) is 13.1 Å². The van der Waals surface area contributed by atoms with Crippen LogP contribution in [-0.4, -0.2) is 24.2 Å². The lowest BCUT2D eigenvalue weighted by Gasteiger charge is -1.86. The van der Waals surface area contributed by atoms with Gasteiger partial charge in [0.25, 0.3) is 5.97 Å². The van der Waals surface area contributed by atoms with Crippen molar-refractivity contribution in [3.05, 3.63) is 0 Å². The predicted octanol–water partition coefficient (Wildman–Crippen LogP) is 1.13. The van der Waals surface area contributed by atoms with E-state index in [1.807, 2.05) is 0 Å². The van der Waals surface area contributed by atoms with E-state index in [-0.39, 0.29) is 12.4 Å². The molecule has 0 saturated heterocycles. The number of carboxylic acids is 1. The molecule has 0 aliphatic carbocycles. The van der Waals surface area contributed by atoms with Gasteiger partial charge in [0, 0.05) is 6.92 Å². The van der Waals surface area contributed by atoms with Gasteiger partial charge in [-0.3, -0.25) is 4.79 Å². The maximum atomic E-state index is 9.00. The number of hydrogen-bond donors (Lipinski definition) is 2. The van der Waals surface area contributed by atoms with E-state index in [0.717, 1.165) is 20.0 Å². The Morgan fingerprint density at radius 2 is 1.60 bits per heavy atom. The van der Waals surface area contributed by atoms with Crippen LogP contribution < -0.4 is 5.32 Å². The third kappa shape index (κ3) is 118. The maximum absolute atomic E-state index is 9.00. The van der Waals surface area contributed by atoms with E-state index in [9.17, 15) is 0 Å². The molecule has 0 aromatic heterocycles. The van der Waals surface area contributed by atoms with E-state index in [2.05, 4.69) is 19.2 Å². The van der Waals surface area contributed by atoms with Gasteiger partial charge in [-0.15, -0.1) is 12.4 Å². The first-order valence-corrected chi connectivity index (χ1v) is 3.05. The fourth-order valence-corrected chi connectivity index (χ4v) is 0.250. The molecule has 10 heavy (non-hydrogen) atoms. The van der Waals surface area contributed by atoms with Gasteiger partial charge in [-0.05, 0) is 13.1 Å². The summed E-state index contributed by atoms with van der Waals surface area (Å²) in [4.78, 5) is 9.00. The SMILES string of the molecule is CC(=O)O.CCNCC.Cl.